The Morgan fingerprint density at radius 3 is 2.33 bits per heavy atom. The molecule has 0 saturated carbocycles. The largest absolute Gasteiger partial charge is 0.452 e. The van der Waals surface area contributed by atoms with Gasteiger partial charge in [-0.1, -0.05) is 17.7 Å². The Morgan fingerprint density at radius 2 is 1.70 bits per heavy atom. The number of hydrogen-bond donors (Lipinski definition) is 1. The molecule has 138 valence electrons. The monoisotopic (exact) mass is 386 g/mol. The van der Waals surface area contributed by atoms with Crippen LogP contribution in [-0.4, -0.2) is 30.3 Å². The highest BCUT2D eigenvalue weighted by Crippen LogP contribution is 2.23. The molecule has 27 heavy (non-hydrogen) atoms. The molecule has 0 atom stereocenters. The number of nitrogens with zero attached hydrogens (tertiary/aromatic N) is 1. The second kappa shape index (κ2) is 8.01. The summed E-state index contributed by atoms with van der Waals surface area (Å²) in [5.41, 5.74) is 1.10. The number of halogens is 1. The van der Waals surface area contributed by atoms with Crippen LogP contribution in [0.25, 0.3) is 0 Å². The summed E-state index contributed by atoms with van der Waals surface area (Å²) in [6, 6.07) is 12.4. The highest BCUT2D eigenvalue weighted by molar-refractivity contribution is 6.30. The van der Waals surface area contributed by atoms with Crippen molar-refractivity contribution < 1.29 is 23.9 Å². The lowest BCUT2D eigenvalue weighted by molar-refractivity contribution is -0.121. The molecular formula is C19H15ClN2O5. The van der Waals surface area contributed by atoms with Gasteiger partial charge in [-0.25, -0.2) is 4.79 Å². The van der Waals surface area contributed by atoms with E-state index in [1.165, 1.54) is 24.3 Å². The van der Waals surface area contributed by atoms with Gasteiger partial charge in [-0.2, -0.15) is 0 Å². The molecule has 3 rings (SSSR count). The van der Waals surface area contributed by atoms with Gasteiger partial charge in [0.05, 0.1) is 11.3 Å². The first-order chi connectivity index (χ1) is 12.9. The molecule has 0 bridgehead atoms. The summed E-state index contributed by atoms with van der Waals surface area (Å²) in [4.78, 5) is 48.4. The van der Waals surface area contributed by atoms with Gasteiger partial charge in [-0.15, -0.1) is 0 Å². The van der Waals surface area contributed by atoms with Crippen LogP contribution in [0, 0.1) is 0 Å². The lowest BCUT2D eigenvalue weighted by Gasteiger charge is -2.14. The molecule has 0 unspecified atom stereocenters. The topological polar surface area (TPSA) is 92.8 Å². The number of carbonyl (C=O) groups is 4. The number of nitrogens with one attached hydrogen (secondary N) is 1. The van der Waals surface area contributed by atoms with Crippen molar-refractivity contribution in [1.29, 1.82) is 0 Å². The number of benzene rings is 2. The van der Waals surface area contributed by atoms with Gasteiger partial charge in [0.25, 0.3) is 5.91 Å². The smallest absolute Gasteiger partial charge is 0.338 e. The average molecular weight is 387 g/mol. The van der Waals surface area contributed by atoms with Crippen LogP contribution in [0.4, 0.5) is 11.4 Å². The van der Waals surface area contributed by atoms with Crippen molar-refractivity contribution in [2.75, 3.05) is 16.8 Å². The van der Waals surface area contributed by atoms with Gasteiger partial charge >= 0.3 is 5.97 Å². The van der Waals surface area contributed by atoms with Gasteiger partial charge in [0, 0.05) is 23.6 Å². The standard InChI is InChI=1S/C19H15ClN2O5/c20-13-2-1-3-14(10-13)21-16(23)11-27-19(26)12-4-6-15(7-5-12)22-17(24)8-9-18(22)25/h1-7,10H,8-9,11H2,(H,21,23). The maximum atomic E-state index is 12.0. The van der Waals surface area contributed by atoms with Crippen LogP contribution in [0.5, 0.6) is 0 Å². The summed E-state index contributed by atoms with van der Waals surface area (Å²) >= 11 is 5.83. The third-order valence-electron chi connectivity index (χ3n) is 3.86. The molecule has 1 heterocycles. The van der Waals surface area contributed by atoms with Gasteiger partial charge in [-0.3, -0.25) is 19.3 Å². The Labute approximate surface area is 159 Å². The molecule has 0 spiro atoms. The number of anilines is 2. The quantitative estimate of drug-likeness (QED) is 0.630. The van der Waals surface area contributed by atoms with E-state index in [1.54, 1.807) is 24.3 Å². The van der Waals surface area contributed by atoms with Gasteiger partial charge < -0.3 is 10.1 Å². The Bertz CT molecular complexity index is 895. The van der Waals surface area contributed by atoms with E-state index in [4.69, 9.17) is 16.3 Å². The van der Waals surface area contributed by atoms with Gasteiger partial charge in [0.15, 0.2) is 6.61 Å². The number of rotatable bonds is 5. The average Bonchev–Trinajstić information content (AvgIpc) is 2.98. The normalized spacial score (nSPS) is 13.6. The van der Waals surface area contributed by atoms with Crippen molar-refractivity contribution in [2.45, 2.75) is 12.8 Å². The first-order valence-corrected chi connectivity index (χ1v) is 8.50. The summed E-state index contributed by atoms with van der Waals surface area (Å²) in [7, 11) is 0. The summed E-state index contributed by atoms with van der Waals surface area (Å²) in [5, 5.41) is 3.04. The van der Waals surface area contributed by atoms with E-state index in [9.17, 15) is 19.2 Å². The molecule has 1 N–H and O–H groups in total. The van der Waals surface area contributed by atoms with E-state index >= 15 is 0 Å². The van der Waals surface area contributed by atoms with Crippen molar-refractivity contribution in [3.63, 3.8) is 0 Å². The van der Waals surface area contributed by atoms with E-state index in [-0.39, 0.29) is 30.2 Å². The molecule has 0 aromatic heterocycles. The fourth-order valence-corrected chi connectivity index (χ4v) is 2.78. The number of imide groups is 1. The van der Waals surface area contributed by atoms with Crippen LogP contribution < -0.4 is 10.2 Å². The zero-order valence-corrected chi connectivity index (χ0v) is 14.9. The fraction of sp³-hybridized carbons (Fsp3) is 0.158. The zero-order chi connectivity index (χ0) is 19.4. The van der Waals surface area contributed by atoms with E-state index in [1.807, 2.05) is 0 Å². The molecule has 2 aromatic carbocycles. The highest BCUT2D eigenvalue weighted by atomic mass is 35.5. The molecule has 1 aliphatic heterocycles. The lowest BCUT2D eigenvalue weighted by atomic mass is 10.2. The lowest BCUT2D eigenvalue weighted by Crippen LogP contribution is -2.28. The Morgan fingerprint density at radius 1 is 1.04 bits per heavy atom. The third kappa shape index (κ3) is 4.51. The fourth-order valence-electron chi connectivity index (χ4n) is 2.59. The second-order valence-electron chi connectivity index (χ2n) is 5.80. The van der Waals surface area contributed by atoms with Crippen molar-refractivity contribution in [3.05, 3.63) is 59.1 Å². The predicted octanol–water partition coefficient (Wildman–Crippen LogP) is 2.79. The van der Waals surface area contributed by atoms with Crippen LogP contribution in [-0.2, 0) is 19.1 Å². The Kier molecular flexibility index (Phi) is 5.52. The minimum absolute atomic E-state index is 0.185. The maximum absolute atomic E-state index is 12.0. The summed E-state index contributed by atoms with van der Waals surface area (Å²) in [5.74, 6) is -1.74. The number of carbonyl (C=O) groups excluding carboxylic acids is 4. The van der Waals surface area contributed by atoms with Crippen LogP contribution in [0.1, 0.15) is 23.2 Å². The molecule has 1 fully saturated rings. The molecule has 0 aliphatic carbocycles. The SMILES string of the molecule is O=C(COC(=O)c1ccc(N2C(=O)CCC2=O)cc1)Nc1cccc(Cl)c1. The molecule has 1 saturated heterocycles. The van der Waals surface area contributed by atoms with Crippen molar-refractivity contribution in [1.82, 2.24) is 0 Å². The third-order valence-corrected chi connectivity index (χ3v) is 4.09. The molecular weight excluding hydrogens is 372 g/mol. The predicted molar refractivity (Wildman–Crippen MR) is 98.5 cm³/mol. The minimum atomic E-state index is -0.693. The molecule has 3 amide bonds. The van der Waals surface area contributed by atoms with Crippen LogP contribution in [0.2, 0.25) is 5.02 Å². The second-order valence-corrected chi connectivity index (χ2v) is 6.24. The summed E-state index contributed by atoms with van der Waals surface area (Å²) in [6.45, 7) is -0.462. The van der Waals surface area contributed by atoms with Gasteiger partial charge in [0.2, 0.25) is 11.8 Å². The highest BCUT2D eigenvalue weighted by Gasteiger charge is 2.30. The number of ether oxygens (including phenoxy) is 1. The molecule has 2 aromatic rings. The molecule has 7 nitrogen and oxygen atoms in total. The van der Waals surface area contributed by atoms with E-state index in [0.29, 0.717) is 16.4 Å². The minimum Gasteiger partial charge on any atom is -0.452 e. The van der Waals surface area contributed by atoms with Crippen LogP contribution in [0.15, 0.2) is 48.5 Å². The van der Waals surface area contributed by atoms with Crippen molar-refractivity contribution in [3.8, 4) is 0 Å². The number of hydrogen-bond acceptors (Lipinski definition) is 5. The Hall–Kier alpha value is -3.19. The summed E-state index contributed by atoms with van der Waals surface area (Å²) in [6.07, 6.45) is 0.370. The van der Waals surface area contributed by atoms with E-state index in [0.717, 1.165) is 4.90 Å². The van der Waals surface area contributed by atoms with Crippen molar-refractivity contribution >= 4 is 46.7 Å². The zero-order valence-electron chi connectivity index (χ0n) is 14.1. The van der Waals surface area contributed by atoms with Crippen molar-refractivity contribution in [2.24, 2.45) is 0 Å². The molecule has 1 aliphatic rings. The molecule has 8 heteroatoms. The van der Waals surface area contributed by atoms with E-state index < -0.39 is 18.5 Å². The maximum Gasteiger partial charge on any atom is 0.338 e. The summed E-state index contributed by atoms with van der Waals surface area (Å²) < 4.78 is 4.97. The van der Waals surface area contributed by atoms with Crippen LogP contribution in [0.3, 0.4) is 0 Å². The number of amides is 3. The number of esters is 1. The van der Waals surface area contributed by atoms with E-state index in [2.05, 4.69) is 5.32 Å². The first kappa shape index (κ1) is 18.6. The van der Waals surface area contributed by atoms with Gasteiger partial charge in [0.1, 0.15) is 0 Å². The first-order valence-electron chi connectivity index (χ1n) is 8.12. The molecule has 0 radical (unpaired) electrons. The van der Waals surface area contributed by atoms with Crippen LogP contribution >= 0.6 is 11.6 Å². The Balaban J connectivity index is 1.56. The van der Waals surface area contributed by atoms with Gasteiger partial charge in [-0.05, 0) is 42.5 Å².